The first-order valence-corrected chi connectivity index (χ1v) is 7.80. The van der Waals surface area contributed by atoms with E-state index < -0.39 is 6.04 Å². The molecule has 1 unspecified atom stereocenters. The van der Waals surface area contributed by atoms with Crippen LogP contribution in [-0.2, 0) is 11.3 Å². The van der Waals surface area contributed by atoms with E-state index in [1.807, 2.05) is 18.2 Å². The summed E-state index contributed by atoms with van der Waals surface area (Å²) in [5.41, 5.74) is 1.26. The fraction of sp³-hybridized carbons (Fsp3) is 0.176. The lowest BCUT2D eigenvalue weighted by atomic mass is 10.2. The third kappa shape index (κ3) is 4.98. The maximum absolute atomic E-state index is 12.1. The van der Waals surface area contributed by atoms with Gasteiger partial charge in [-0.25, -0.2) is 0 Å². The number of halogens is 2. The molecule has 2 amide bonds. The number of amides is 2. The highest BCUT2D eigenvalue weighted by Gasteiger charge is 2.16. The molecule has 2 N–H and O–H groups in total. The molecule has 0 bridgehead atoms. The molecule has 0 aromatic heterocycles. The number of hydrogen-bond acceptors (Lipinski definition) is 2. The Morgan fingerprint density at radius 2 is 1.70 bits per heavy atom. The number of rotatable bonds is 5. The second kappa shape index (κ2) is 7.99. The van der Waals surface area contributed by atoms with E-state index >= 15 is 0 Å². The van der Waals surface area contributed by atoms with Gasteiger partial charge in [0.15, 0.2) is 0 Å². The zero-order chi connectivity index (χ0) is 16.8. The molecule has 0 heterocycles. The van der Waals surface area contributed by atoms with Gasteiger partial charge in [0.25, 0.3) is 5.91 Å². The molecule has 23 heavy (non-hydrogen) atoms. The van der Waals surface area contributed by atoms with Gasteiger partial charge in [-0.05, 0) is 42.8 Å². The third-order valence-corrected chi connectivity index (χ3v) is 3.88. The van der Waals surface area contributed by atoms with Gasteiger partial charge in [0.05, 0.1) is 0 Å². The summed E-state index contributed by atoms with van der Waals surface area (Å²) >= 11 is 11.8. The van der Waals surface area contributed by atoms with E-state index in [-0.39, 0.29) is 11.8 Å². The second-order valence-electron chi connectivity index (χ2n) is 5.01. The fourth-order valence-electron chi connectivity index (χ4n) is 1.92. The van der Waals surface area contributed by atoms with Crippen LogP contribution in [-0.4, -0.2) is 17.9 Å². The van der Waals surface area contributed by atoms with Crippen molar-refractivity contribution in [1.29, 1.82) is 0 Å². The quantitative estimate of drug-likeness (QED) is 0.867. The molecule has 0 fully saturated rings. The summed E-state index contributed by atoms with van der Waals surface area (Å²) in [6.45, 7) is 1.93. The van der Waals surface area contributed by atoms with Gasteiger partial charge in [0.2, 0.25) is 5.91 Å². The molecule has 120 valence electrons. The summed E-state index contributed by atoms with van der Waals surface area (Å²) in [7, 11) is 0. The van der Waals surface area contributed by atoms with Gasteiger partial charge >= 0.3 is 0 Å². The van der Waals surface area contributed by atoms with E-state index in [1.165, 1.54) is 0 Å². The molecule has 1 atom stereocenters. The number of hydrogen-bond donors (Lipinski definition) is 2. The van der Waals surface area contributed by atoms with Gasteiger partial charge in [-0.15, -0.1) is 0 Å². The molecule has 0 saturated heterocycles. The average Bonchev–Trinajstić information content (AvgIpc) is 2.54. The monoisotopic (exact) mass is 350 g/mol. The SMILES string of the molecule is CC(NC(=O)c1ccc(Cl)cc1)C(=O)NCc1ccccc1Cl. The minimum absolute atomic E-state index is 0.285. The van der Waals surface area contributed by atoms with E-state index in [9.17, 15) is 9.59 Å². The average molecular weight is 351 g/mol. The third-order valence-electron chi connectivity index (χ3n) is 3.26. The molecule has 0 aliphatic heterocycles. The van der Waals surface area contributed by atoms with Crippen LogP contribution in [0.4, 0.5) is 0 Å². The van der Waals surface area contributed by atoms with Crippen LogP contribution in [0, 0.1) is 0 Å². The van der Waals surface area contributed by atoms with E-state index in [2.05, 4.69) is 10.6 Å². The van der Waals surface area contributed by atoms with E-state index in [0.29, 0.717) is 22.2 Å². The Balaban J connectivity index is 1.88. The van der Waals surface area contributed by atoms with Crippen molar-refractivity contribution >= 4 is 35.0 Å². The van der Waals surface area contributed by atoms with Crippen LogP contribution in [0.2, 0.25) is 10.0 Å². The minimum Gasteiger partial charge on any atom is -0.350 e. The zero-order valence-corrected chi connectivity index (χ0v) is 14.0. The number of benzene rings is 2. The van der Waals surface area contributed by atoms with Crippen LogP contribution in [0.5, 0.6) is 0 Å². The largest absolute Gasteiger partial charge is 0.350 e. The van der Waals surface area contributed by atoms with Crippen molar-refractivity contribution in [2.75, 3.05) is 0 Å². The van der Waals surface area contributed by atoms with Crippen molar-refractivity contribution in [3.63, 3.8) is 0 Å². The minimum atomic E-state index is -0.666. The van der Waals surface area contributed by atoms with Gasteiger partial charge in [-0.3, -0.25) is 9.59 Å². The second-order valence-corrected chi connectivity index (χ2v) is 5.85. The predicted molar refractivity (Wildman–Crippen MR) is 91.7 cm³/mol. The lowest BCUT2D eigenvalue weighted by molar-refractivity contribution is -0.122. The first-order valence-electron chi connectivity index (χ1n) is 7.05. The summed E-state index contributed by atoms with van der Waals surface area (Å²) in [4.78, 5) is 24.1. The maximum Gasteiger partial charge on any atom is 0.251 e. The van der Waals surface area contributed by atoms with Gasteiger partial charge in [0, 0.05) is 22.2 Å². The number of carbonyl (C=O) groups is 2. The van der Waals surface area contributed by atoms with Gasteiger partial charge < -0.3 is 10.6 Å². The number of carbonyl (C=O) groups excluding carboxylic acids is 2. The standard InChI is InChI=1S/C17H16Cl2N2O2/c1-11(21-17(23)12-6-8-14(18)9-7-12)16(22)20-10-13-4-2-3-5-15(13)19/h2-9,11H,10H2,1H3,(H,20,22)(H,21,23). The molecular formula is C17H16Cl2N2O2. The zero-order valence-electron chi connectivity index (χ0n) is 12.5. The van der Waals surface area contributed by atoms with Gasteiger partial charge in [-0.2, -0.15) is 0 Å². The van der Waals surface area contributed by atoms with Crippen molar-refractivity contribution in [3.8, 4) is 0 Å². The van der Waals surface area contributed by atoms with E-state index in [1.54, 1.807) is 37.3 Å². The molecule has 2 aromatic carbocycles. The molecule has 2 rings (SSSR count). The molecule has 0 aliphatic rings. The Hall–Kier alpha value is -2.04. The Bertz CT molecular complexity index is 702. The smallest absolute Gasteiger partial charge is 0.251 e. The Morgan fingerprint density at radius 3 is 2.35 bits per heavy atom. The van der Waals surface area contributed by atoms with Crippen LogP contribution in [0.1, 0.15) is 22.8 Å². The molecule has 4 nitrogen and oxygen atoms in total. The summed E-state index contributed by atoms with van der Waals surface area (Å²) < 4.78 is 0. The first kappa shape index (κ1) is 17.3. The van der Waals surface area contributed by atoms with Crippen LogP contribution < -0.4 is 10.6 Å². The van der Waals surface area contributed by atoms with Crippen molar-refractivity contribution in [1.82, 2.24) is 10.6 Å². The Kier molecular flexibility index (Phi) is 6.02. The number of nitrogens with one attached hydrogen (secondary N) is 2. The fourth-order valence-corrected chi connectivity index (χ4v) is 2.25. The van der Waals surface area contributed by atoms with Crippen molar-refractivity contribution in [2.45, 2.75) is 19.5 Å². The molecular weight excluding hydrogens is 335 g/mol. The van der Waals surface area contributed by atoms with E-state index in [0.717, 1.165) is 5.56 Å². The molecule has 2 aromatic rings. The molecule has 0 aliphatic carbocycles. The van der Waals surface area contributed by atoms with Crippen LogP contribution >= 0.6 is 23.2 Å². The summed E-state index contributed by atoms with van der Waals surface area (Å²) in [6.07, 6.45) is 0. The maximum atomic E-state index is 12.1. The summed E-state index contributed by atoms with van der Waals surface area (Å²) in [5.74, 6) is -0.616. The molecule has 0 saturated carbocycles. The normalized spacial score (nSPS) is 11.6. The summed E-state index contributed by atoms with van der Waals surface area (Å²) in [5, 5.41) is 6.52. The van der Waals surface area contributed by atoms with Crippen molar-refractivity contribution < 1.29 is 9.59 Å². The lowest BCUT2D eigenvalue weighted by Gasteiger charge is -2.14. The predicted octanol–water partition coefficient (Wildman–Crippen LogP) is 3.43. The van der Waals surface area contributed by atoms with Gasteiger partial charge in [0.1, 0.15) is 6.04 Å². The topological polar surface area (TPSA) is 58.2 Å². The highest BCUT2D eigenvalue weighted by Crippen LogP contribution is 2.14. The van der Waals surface area contributed by atoms with Crippen LogP contribution in [0.15, 0.2) is 48.5 Å². The summed E-state index contributed by atoms with van der Waals surface area (Å²) in [6, 6.07) is 13.0. The van der Waals surface area contributed by atoms with Crippen molar-refractivity contribution in [2.24, 2.45) is 0 Å². The lowest BCUT2D eigenvalue weighted by Crippen LogP contribution is -2.44. The van der Waals surface area contributed by atoms with Crippen LogP contribution in [0.25, 0.3) is 0 Å². The van der Waals surface area contributed by atoms with E-state index in [4.69, 9.17) is 23.2 Å². The van der Waals surface area contributed by atoms with Crippen molar-refractivity contribution in [3.05, 3.63) is 69.7 Å². The van der Waals surface area contributed by atoms with Gasteiger partial charge in [-0.1, -0.05) is 41.4 Å². The first-order chi connectivity index (χ1) is 11.0. The molecule has 0 spiro atoms. The highest BCUT2D eigenvalue weighted by atomic mass is 35.5. The molecule has 6 heteroatoms. The molecule has 0 radical (unpaired) electrons. The van der Waals surface area contributed by atoms with Crippen LogP contribution in [0.3, 0.4) is 0 Å². The Morgan fingerprint density at radius 1 is 1.04 bits per heavy atom. The highest BCUT2D eigenvalue weighted by molar-refractivity contribution is 6.31. The Labute approximate surface area is 144 Å².